The molecule has 1 aliphatic carbocycles. The molecule has 2 aliphatic rings. The predicted molar refractivity (Wildman–Crippen MR) is 109 cm³/mol. The van der Waals surface area contributed by atoms with Crippen LogP contribution in [0.1, 0.15) is 42.2 Å². The van der Waals surface area contributed by atoms with Crippen molar-refractivity contribution < 1.29 is 13.2 Å². The van der Waals surface area contributed by atoms with E-state index in [-0.39, 0.29) is 0 Å². The molecule has 4 rings (SSSR count). The zero-order valence-electron chi connectivity index (χ0n) is 16.2. The number of hydrogen-bond donors (Lipinski definition) is 0. The zero-order chi connectivity index (χ0) is 19.3. The van der Waals surface area contributed by atoms with Gasteiger partial charge in [-0.1, -0.05) is 24.3 Å². The summed E-state index contributed by atoms with van der Waals surface area (Å²) in [7, 11) is 0.687. The van der Waals surface area contributed by atoms with Crippen molar-refractivity contribution in [1.29, 1.82) is 0 Å². The average molecular weight is 384 g/mol. The molecule has 5 heteroatoms. The molecule has 0 saturated carbocycles. The third-order valence-electron chi connectivity index (χ3n) is 5.71. The first-order valence-electron chi connectivity index (χ1n) is 9.36. The van der Waals surface area contributed by atoms with Gasteiger partial charge in [0.15, 0.2) is 9.84 Å². The van der Waals surface area contributed by atoms with Crippen molar-refractivity contribution in [2.45, 2.75) is 36.5 Å². The Bertz CT molecular complexity index is 1040. The standard InChI is InChI=1S/C22H25NO3S/c1-5-26-15-10-11-16-18(13-15)19(12-14(2)23(3)4)21-17-8-6-7-9-20(17)27(24,25)22(16)21/h6-11,13-14,22H,5,12H2,1-4H3. The molecule has 1 heterocycles. The van der Waals surface area contributed by atoms with Gasteiger partial charge in [0.2, 0.25) is 0 Å². The van der Waals surface area contributed by atoms with Gasteiger partial charge in [0.1, 0.15) is 11.0 Å². The molecule has 0 spiro atoms. The average Bonchev–Trinajstić information content (AvgIpc) is 3.07. The summed E-state index contributed by atoms with van der Waals surface area (Å²) in [4.78, 5) is 2.63. The minimum Gasteiger partial charge on any atom is -0.494 e. The van der Waals surface area contributed by atoms with Gasteiger partial charge in [-0.25, -0.2) is 8.42 Å². The molecule has 4 nitrogen and oxygen atoms in total. The molecule has 0 saturated heterocycles. The number of nitrogens with zero attached hydrogens (tertiary/aromatic N) is 1. The second-order valence-electron chi connectivity index (χ2n) is 7.51. The molecule has 0 aromatic heterocycles. The molecule has 2 aromatic rings. The van der Waals surface area contributed by atoms with Gasteiger partial charge in [-0.15, -0.1) is 0 Å². The third-order valence-corrected chi connectivity index (χ3v) is 7.79. The first kappa shape index (κ1) is 18.3. The van der Waals surface area contributed by atoms with E-state index in [2.05, 4.69) is 25.9 Å². The van der Waals surface area contributed by atoms with Gasteiger partial charge < -0.3 is 9.64 Å². The Hall–Kier alpha value is -2.11. The van der Waals surface area contributed by atoms with Gasteiger partial charge in [-0.3, -0.25) is 0 Å². The summed E-state index contributed by atoms with van der Waals surface area (Å²) in [6, 6.07) is 13.5. The lowest BCUT2D eigenvalue weighted by Gasteiger charge is -2.21. The lowest BCUT2D eigenvalue weighted by Crippen LogP contribution is -2.24. The smallest absolute Gasteiger partial charge is 0.190 e. The highest BCUT2D eigenvalue weighted by Gasteiger charge is 2.48. The normalized spacial score (nSPS) is 20.4. The molecule has 0 radical (unpaired) electrons. The van der Waals surface area contributed by atoms with Crippen LogP contribution in [-0.2, 0) is 9.84 Å². The van der Waals surface area contributed by atoms with Crippen molar-refractivity contribution in [2.24, 2.45) is 0 Å². The van der Waals surface area contributed by atoms with Crippen LogP contribution in [0.25, 0.3) is 11.1 Å². The van der Waals surface area contributed by atoms with Crippen LogP contribution in [0.4, 0.5) is 0 Å². The molecule has 0 fully saturated rings. The van der Waals surface area contributed by atoms with Crippen LogP contribution < -0.4 is 4.74 Å². The molecule has 2 unspecified atom stereocenters. The highest BCUT2D eigenvalue weighted by Crippen LogP contribution is 2.58. The molecule has 0 amide bonds. The summed E-state index contributed by atoms with van der Waals surface area (Å²) in [6.07, 6.45) is 0.797. The maximum Gasteiger partial charge on any atom is 0.190 e. The Labute approximate surface area is 161 Å². The monoisotopic (exact) mass is 383 g/mol. The van der Waals surface area contributed by atoms with Crippen LogP contribution in [0, 0.1) is 0 Å². The van der Waals surface area contributed by atoms with Crippen molar-refractivity contribution in [1.82, 2.24) is 4.90 Å². The maximum atomic E-state index is 13.3. The molecular formula is C22H25NO3S. The van der Waals surface area contributed by atoms with E-state index in [0.29, 0.717) is 17.5 Å². The largest absolute Gasteiger partial charge is 0.494 e. The lowest BCUT2D eigenvalue weighted by atomic mass is 9.95. The first-order chi connectivity index (χ1) is 12.9. The van der Waals surface area contributed by atoms with E-state index in [0.717, 1.165) is 40.0 Å². The van der Waals surface area contributed by atoms with Crippen molar-refractivity contribution in [3.8, 4) is 5.75 Å². The number of benzene rings is 2. The maximum absolute atomic E-state index is 13.3. The van der Waals surface area contributed by atoms with Gasteiger partial charge >= 0.3 is 0 Å². The van der Waals surface area contributed by atoms with E-state index in [4.69, 9.17) is 4.74 Å². The number of fused-ring (bicyclic) bond motifs is 5. The van der Waals surface area contributed by atoms with Crippen LogP contribution >= 0.6 is 0 Å². The van der Waals surface area contributed by atoms with Crippen molar-refractivity contribution in [3.63, 3.8) is 0 Å². The SMILES string of the molecule is CCOc1ccc2c(c1)C(CC(C)N(C)C)=C1c3ccccc3S(=O)(=O)C12. The minimum atomic E-state index is -3.42. The van der Waals surface area contributed by atoms with E-state index >= 15 is 0 Å². The lowest BCUT2D eigenvalue weighted by molar-refractivity contribution is 0.319. The summed E-state index contributed by atoms with van der Waals surface area (Å²) in [5, 5.41) is -0.593. The first-order valence-corrected chi connectivity index (χ1v) is 10.9. The van der Waals surface area contributed by atoms with Gasteiger partial charge in [-0.05, 0) is 80.4 Å². The number of ether oxygens (including phenoxy) is 1. The predicted octanol–water partition coefficient (Wildman–Crippen LogP) is 4.18. The number of hydrogen-bond acceptors (Lipinski definition) is 4. The Balaban J connectivity index is 1.97. The van der Waals surface area contributed by atoms with E-state index in [9.17, 15) is 8.42 Å². The molecule has 142 valence electrons. The van der Waals surface area contributed by atoms with Gasteiger partial charge in [0.25, 0.3) is 0 Å². The summed E-state index contributed by atoms with van der Waals surface area (Å²) >= 11 is 0. The zero-order valence-corrected chi connectivity index (χ0v) is 17.0. The fourth-order valence-corrected chi connectivity index (χ4v) is 6.25. The fourth-order valence-electron chi connectivity index (χ4n) is 4.13. The Kier molecular flexibility index (Phi) is 4.40. The summed E-state index contributed by atoms with van der Waals surface area (Å²) in [5.41, 5.74) is 4.85. The Morgan fingerprint density at radius 1 is 1.11 bits per heavy atom. The summed E-state index contributed by atoms with van der Waals surface area (Å²) in [5.74, 6) is 0.789. The highest BCUT2D eigenvalue weighted by molar-refractivity contribution is 7.92. The van der Waals surface area contributed by atoms with E-state index in [1.54, 1.807) is 12.1 Å². The van der Waals surface area contributed by atoms with Crippen molar-refractivity contribution in [3.05, 3.63) is 59.2 Å². The van der Waals surface area contributed by atoms with Crippen LogP contribution in [0.5, 0.6) is 5.75 Å². The molecule has 2 aromatic carbocycles. The fraction of sp³-hybridized carbons (Fsp3) is 0.364. The molecule has 0 bridgehead atoms. The van der Waals surface area contributed by atoms with E-state index < -0.39 is 15.1 Å². The van der Waals surface area contributed by atoms with Gasteiger partial charge in [-0.2, -0.15) is 0 Å². The molecule has 27 heavy (non-hydrogen) atoms. The highest BCUT2D eigenvalue weighted by atomic mass is 32.2. The number of sulfone groups is 1. The summed E-state index contributed by atoms with van der Waals surface area (Å²) in [6.45, 7) is 4.71. The van der Waals surface area contributed by atoms with Crippen LogP contribution in [-0.4, -0.2) is 40.1 Å². The molecular weight excluding hydrogens is 358 g/mol. The second-order valence-corrected chi connectivity index (χ2v) is 9.51. The molecule has 0 N–H and O–H groups in total. The third kappa shape index (κ3) is 2.72. The van der Waals surface area contributed by atoms with E-state index in [1.165, 1.54) is 0 Å². The Morgan fingerprint density at radius 3 is 2.56 bits per heavy atom. The van der Waals surface area contributed by atoms with Gasteiger partial charge in [0, 0.05) is 6.04 Å². The Morgan fingerprint density at radius 2 is 1.85 bits per heavy atom. The molecule has 2 atom stereocenters. The second kappa shape index (κ2) is 6.50. The number of rotatable bonds is 5. The summed E-state index contributed by atoms with van der Waals surface area (Å²) < 4.78 is 32.3. The molecule has 1 aliphatic heterocycles. The van der Waals surface area contributed by atoms with Crippen LogP contribution in [0.15, 0.2) is 47.4 Å². The van der Waals surface area contributed by atoms with Crippen molar-refractivity contribution >= 4 is 21.0 Å². The quantitative estimate of drug-likeness (QED) is 0.777. The van der Waals surface area contributed by atoms with Crippen molar-refractivity contribution in [2.75, 3.05) is 20.7 Å². The topological polar surface area (TPSA) is 46.6 Å². The van der Waals surface area contributed by atoms with Crippen LogP contribution in [0.2, 0.25) is 0 Å². The van der Waals surface area contributed by atoms with E-state index in [1.807, 2.05) is 37.3 Å². The van der Waals surface area contributed by atoms with Gasteiger partial charge in [0.05, 0.1) is 11.5 Å². The minimum absolute atomic E-state index is 0.297. The van der Waals surface area contributed by atoms with Crippen LogP contribution in [0.3, 0.4) is 0 Å².